The van der Waals surface area contributed by atoms with Gasteiger partial charge in [-0.15, -0.1) is 11.8 Å². The van der Waals surface area contributed by atoms with E-state index in [1.807, 2.05) is 30.5 Å². The predicted octanol–water partition coefficient (Wildman–Crippen LogP) is 3.48. The van der Waals surface area contributed by atoms with Crippen LogP contribution >= 0.6 is 11.8 Å². The van der Waals surface area contributed by atoms with Gasteiger partial charge in [0.05, 0.1) is 0 Å². The van der Waals surface area contributed by atoms with Crippen molar-refractivity contribution in [1.29, 1.82) is 0 Å². The summed E-state index contributed by atoms with van der Waals surface area (Å²) >= 11 is 1.67. The number of halogens is 1. The highest BCUT2D eigenvalue weighted by molar-refractivity contribution is 7.98. The van der Waals surface area contributed by atoms with Crippen molar-refractivity contribution in [3.05, 3.63) is 65.5 Å². The maximum atomic E-state index is 13.0. The molecule has 0 radical (unpaired) electrons. The molecule has 0 aliphatic carbocycles. The Morgan fingerprint density at radius 2 is 1.95 bits per heavy atom. The lowest BCUT2D eigenvalue weighted by Gasteiger charge is -2.06. The van der Waals surface area contributed by atoms with Gasteiger partial charge >= 0.3 is 0 Å². The van der Waals surface area contributed by atoms with Crippen LogP contribution in [0.4, 0.5) is 4.39 Å². The van der Waals surface area contributed by atoms with Crippen LogP contribution in [0, 0.1) is 5.82 Å². The Bertz CT molecular complexity index is 569. The fraction of sp³-hybridized carbons (Fsp3) is 0.133. The molecule has 0 unspecified atom stereocenters. The fourth-order valence-electron chi connectivity index (χ4n) is 1.66. The van der Waals surface area contributed by atoms with Gasteiger partial charge in [0, 0.05) is 17.0 Å². The van der Waals surface area contributed by atoms with E-state index in [1.165, 1.54) is 23.1 Å². The van der Waals surface area contributed by atoms with Crippen molar-refractivity contribution in [1.82, 2.24) is 5.32 Å². The van der Waals surface area contributed by atoms with Crippen molar-refractivity contribution in [2.24, 2.45) is 0 Å². The maximum absolute atomic E-state index is 13.0. The van der Waals surface area contributed by atoms with Crippen molar-refractivity contribution in [2.75, 3.05) is 6.26 Å². The van der Waals surface area contributed by atoms with E-state index < -0.39 is 5.82 Å². The monoisotopic (exact) mass is 275 g/mol. The van der Waals surface area contributed by atoms with Crippen LogP contribution in [0.25, 0.3) is 0 Å². The number of carbonyl (C=O) groups is 1. The van der Waals surface area contributed by atoms with Crippen LogP contribution in [0.5, 0.6) is 0 Å². The molecule has 2 nitrogen and oxygen atoms in total. The van der Waals surface area contributed by atoms with Crippen molar-refractivity contribution < 1.29 is 9.18 Å². The van der Waals surface area contributed by atoms with Crippen molar-refractivity contribution in [2.45, 2.75) is 11.4 Å². The summed E-state index contributed by atoms with van der Waals surface area (Å²) < 4.78 is 13.0. The molecule has 1 amide bonds. The summed E-state index contributed by atoms with van der Waals surface area (Å²) in [6.45, 7) is 0.435. The van der Waals surface area contributed by atoms with Gasteiger partial charge in [0.1, 0.15) is 5.82 Å². The summed E-state index contributed by atoms with van der Waals surface area (Å²) in [6, 6.07) is 13.6. The average molecular weight is 275 g/mol. The molecule has 0 saturated heterocycles. The molecule has 0 fully saturated rings. The van der Waals surface area contributed by atoms with Gasteiger partial charge in [0.25, 0.3) is 5.91 Å². The molecule has 19 heavy (non-hydrogen) atoms. The lowest BCUT2D eigenvalue weighted by molar-refractivity contribution is 0.0950. The van der Waals surface area contributed by atoms with E-state index in [9.17, 15) is 9.18 Å². The van der Waals surface area contributed by atoms with Crippen LogP contribution in [-0.2, 0) is 6.54 Å². The second kappa shape index (κ2) is 6.38. The standard InChI is InChI=1S/C15H14FNOS/c1-19-14-7-5-11(6-8-14)10-17-15(18)12-3-2-4-13(16)9-12/h2-9H,10H2,1H3,(H,17,18). The van der Waals surface area contributed by atoms with E-state index in [0.717, 1.165) is 5.56 Å². The van der Waals surface area contributed by atoms with E-state index in [1.54, 1.807) is 17.8 Å². The smallest absolute Gasteiger partial charge is 0.251 e. The molecular weight excluding hydrogens is 261 g/mol. The first-order valence-electron chi connectivity index (χ1n) is 5.86. The van der Waals surface area contributed by atoms with E-state index in [0.29, 0.717) is 12.1 Å². The number of rotatable bonds is 4. The number of carbonyl (C=O) groups excluding carboxylic acids is 1. The maximum Gasteiger partial charge on any atom is 0.251 e. The highest BCUT2D eigenvalue weighted by atomic mass is 32.2. The fourth-order valence-corrected chi connectivity index (χ4v) is 2.07. The summed E-state index contributed by atoms with van der Waals surface area (Å²) in [5, 5.41) is 2.77. The summed E-state index contributed by atoms with van der Waals surface area (Å²) in [5.41, 5.74) is 1.35. The molecule has 0 saturated carbocycles. The molecule has 98 valence electrons. The van der Waals surface area contributed by atoms with Crippen molar-refractivity contribution in [3.8, 4) is 0 Å². The Labute approximate surface area is 116 Å². The normalized spacial score (nSPS) is 10.2. The molecule has 0 aromatic heterocycles. The first kappa shape index (κ1) is 13.6. The quantitative estimate of drug-likeness (QED) is 0.866. The van der Waals surface area contributed by atoms with Gasteiger partial charge < -0.3 is 5.32 Å². The number of benzene rings is 2. The van der Waals surface area contributed by atoms with Crippen LogP contribution < -0.4 is 5.32 Å². The average Bonchev–Trinajstić information content (AvgIpc) is 2.45. The first-order valence-corrected chi connectivity index (χ1v) is 7.08. The van der Waals surface area contributed by atoms with E-state index in [-0.39, 0.29) is 5.91 Å². The predicted molar refractivity (Wildman–Crippen MR) is 75.8 cm³/mol. The molecule has 2 aromatic carbocycles. The molecule has 2 rings (SSSR count). The Hall–Kier alpha value is -1.81. The van der Waals surface area contributed by atoms with Gasteiger partial charge in [-0.3, -0.25) is 4.79 Å². The Kier molecular flexibility index (Phi) is 4.58. The van der Waals surface area contributed by atoms with Crippen LogP contribution in [0.1, 0.15) is 15.9 Å². The lowest BCUT2D eigenvalue weighted by atomic mass is 10.2. The zero-order valence-electron chi connectivity index (χ0n) is 10.5. The second-order valence-electron chi connectivity index (χ2n) is 4.04. The van der Waals surface area contributed by atoms with Gasteiger partial charge in [-0.2, -0.15) is 0 Å². The molecule has 0 aliphatic heterocycles. The molecular formula is C15H14FNOS. The SMILES string of the molecule is CSc1ccc(CNC(=O)c2cccc(F)c2)cc1. The zero-order chi connectivity index (χ0) is 13.7. The van der Waals surface area contributed by atoms with Crippen LogP contribution in [0.3, 0.4) is 0 Å². The summed E-state index contributed by atoms with van der Waals surface area (Å²) in [4.78, 5) is 13.0. The van der Waals surface area contributed by atoms with Crippen molar-refractivity contribution in [3.63, 3.8) is 0 Å². The van der Waals surface area contributed by atoms with Crippen LogP contribution in [0.2, 0.25) is 0 Å². The molecule has 4 heteroatoms. The van der Waals surface area contributed by atoms with Gasteiger partial charge in [-0.1, -0.05) is 18.2 Å². The first-order chi connectivity index (χ1) is 9.19. The minimum absolute atomic E-state index is 0.270. The molecule has 1 N–H and O–H groups in total. The Morgan fingerprint density at radius 1 is 1.21 bits per heavy atom. The largest absolute Gasteiger partial charge is 0.348 e. The summed E-state index contributed by atoms with van der Waals surface area (Å²) in [6.07, 6.45) is 2.01. The van der Waals surface area contributed by atoms with Crippen molar-refractivity contribution >= 4 is 17.7 Å². The Morgan fingerprint density at radius 3 is 2.58 bits per heavy atom. The van der Waals surface area contributed by atoms with E-state index in [4.69, 9.17) is 0 Å². The molecule has 0 spiro atoms. The van der Waals surface area contributed by atoms with Gasteiger partial charge in [0.15, 0.2) is 0 Å². The topological polar surface area (TPSA) is 29.1 Å². The minimum atomic E-state index is -0.406. The third kappa shape index (κ3) is 3.83. The second-order valence-corrected chi connectivity index (χ2v) is 4.92. The number of thioether (sulfide) groups is 1. The number of hydrogen-bond donors (Lipinski definition) is 1. The zero-order valence-corrected chi connectivity index (χ0v) is 11.3. The van der Waals surface area contributed by atoms with Crippen LogP contribution in [-0.4, -0.2) is 12.2 Å². The Balaban J connectivity index is 1.96. The van der Waals surface area contributed by atoms with Crippen LogP contribution in [0.15, 0.2) is 53.4 Å². The molecule has 2 aromatic rings. The van der Waals surface area contributed by atoms with E-state index >= 15 is 0 Å². The van der Waals surface area contributed by atoms with Gasteiger partial charge in [0.2, 0.25) is 0 Å². The highest BCUT2D eigenvalue weighted by Crippen LogP contribution is 2.14. The molecule has 0 bridgehead atoms. The minimum Gasteiger partial charge on any atom is -0.348 e. The number of hydrogen-bond acceptors (Lipinski definition) is 2. The number of amides is 1. The third-order valence-corrected chi connectivity index (χ3v) is 3.44. The van der Waals surface area contributed by atoms with Gasteiger partial charge in [-0.05, 0) is 42.2 Å². The van der Waals surface area contributed by atoms with E-state index in [2.05, 4.69) is 5.32 Å². The molecule has 0 aliphatic rings. The summed E-state index contributed by atoms with van der Waals surface area (Å²) in [5.74, 6) is -0.676. The highest BCUT2D eigenvalue weighted by Gasteiger charge is 2.05. The molecule has 0 atom stereocenters. The summed E-state index contributed by atoms with van der Waals surface area (Å²) in [7, 11) is 0. The number of nitrogens with one attached hydrogen (secondary N) is 1. The third-order valence-electron chi connectivity index (χ3n) is 2.70. The van der Waals surface area contributed by atoms with Gasteiger partial charge in [-0.25, -0.2) is 4.39 Å². The molecule has 0 heterocycles. The lowest BCUT2D eigenvalue weighted by Crippen LogP contribution is -2.22.